The van der Waals surface area contributed by atoms with Crippen molar-refractivity contribution < 1.29 is 0 Å². The van der Waals surface area contributed by atoms with Gasteiger partial charge in [0.25, 0.3) is 0 Å². The van der Waals surface area contributed by atoms with E-state index in [4.69, 9.17) is 5.84 Å². The lowest BCUT2D eigenvalue weighted by molar-refractivity contribution is 0.237. The number of hydrogen-bond acceptors (Lipinski definition) is 2. The molecule has 0 aliphatic heterocycles. The summed E-state index contributed by atoms with van der Waals surface area (Å²) >= 11 is 0. The highest BCUT2D eigenvalue weighted by Crippen LogP contribution is 2.38. The van der Waals surface area contributed by atoms with Gasteiger partial charge in [-0.25, -0.2) is 0 Å². The zero-order valence-electron chi connectivity index (χ0n) is 11.1. The number of hydrazine groups is 1. The minimum Gasteiger partial charge on any atom is -0.271 e. The number of nitrogens with two attached hydrogens (primary N) is 1. The van der Waals surface area contributed by atoms with Gasteiger partial charge in [-0.3, -0.25) is 11.3 Å². The van der Waals surface area contributed by atoms with Gasteiger partial charge in [0.05, 0.1) is 0 Å². The fourth-order valence-corrected chi connectivity index (χ4v) is 3.65. The molecule has 18 heavy (non-hydrogen) atoms. The van der Waals surface area contributed by atoms with Crippen LogP contribution in [-0.4, -0.2) is 6.04 Å². The SMILES string of the molecule is NNC(CC1CCC1)C1CCCc2ccccc21. The molecule has 2 heteroatoms. The van der Waals surface area contributed by atoms with Crippen LogP contribution in [0, 0.1) is 5.92 Å². The molecule has 1 aromatic rings. The van der Waals surface area contributed by atoms with Gasteiger partial charge in [-0.2, -0.15) is 0 Å². The molecule has 2 atom stereocenters. The van der Waals surface area contributed by atoms with Crippen molar-refractivity contribution in [1.29, 1.82) is 0 Å². The number of fused-ring (bicyclic) bond motifs is 1. The molecule has 2 aliphatic rings. The minimum atomic E-state index is 0.469. The molecule has 1 aromatic carbocycles. The van der Waals surface area contributed by atoms with Crippen LogP contribution in [0.2, 0.25) is 0 Å². The van der Waals surface area contributed by atoms with E-state index in [0.717, 1.165) is 5.92 Å². The van der Waals surface area contributed by atoms with E-state index in [1.807, 2.05) is 0 Å². The molecule has 3 N–H and O–H groups in total. The Morgan fingerprint density at radius 2 is 2.00 bits per heavy atom. The summed E-state index contributed by atoms with van der Waals surface area (Å²) in [5, 5.41) is 0. The number of rotatable bonds is 4. The third kappa shape index (κ3) is 2.32. The van der Waals surface area contributed by atoms with Crippen LogP contribution in [0.25, 0.3) is 0 Å². The molecule has 0 radical (unpaired) electrons. The second-order valence-corrected chi connectivity index (χ2v) is 6.00. The van der Waals surface area contributed by atoms with Crippen molar-refractivity contribution in [2.45, 2.75) is 56.9 Å². The van der Waals surface area contributed by atoms with Crippen molar-refractivity contribution in [2.75, 3.05) is 0 Å². The maximum Gasteiger partial charge on any atom is 0.0281 e. The topological polar surface area (TPSA) is 38.0 Å². The molecule has 2 unspecified atom stereocenters. The molecule has 0 bridgehead atoms. The summed E-state index contributed by atoms with van der Waals surface area (Å²) in [6.07, 6.45) is 9.34. The van der Waals surface area contributed by atoms with Crippen LogP contribution in [0.5, 0.6) is 0 Å². The quantitative estimate of drug-likeness (QED) is 0.631. The van der Waals surface area contributed by atoms with Crippen LogP contribution >= 0.6 is 0 Å². The van der Waals surface area contributed by atoms with E-state index in [1.165, 1.54) is 44.9 Å². The lowest BCUT2D eigenvalue weighted by atomic mass is 9.73. The third-order valence-corrected chi connectivity index (χ3v) is 4.93. The van der Waals surface area contributed by atoms with Gasteiger partial charge < -0.3 is 0 Å². The van der Waals surface area contributed by atoms with E-state index >= 15 is 0 Å². The summed E-state index contributed by atoms with van der Waals surface area (Å²) < 4.78 is 0. The van der Waals surface area contributed by atoms with Crippen LogP contribution < -0.4 is 11.3 Å². The Kier molecular flexibility index (Phi) is 3.67. The molecular formula is C16H24N2. The molecule has 0 aromatic heterocycles. The third-order valence-electron chi connectivity index (χ3n) is 4.93. The van der Waals surface area contributed by atoms with Gasteiger partial charge in [-0.15, -0.1) is 0 Å². The number of aryl methyl sites for hydroxylation is 1. The van der Waals surface area contributed by atoms with Crippen molar-refractivity contribution in [1.82, 2.24) is 5.43 Å². The van der Waals surface area contributed by atoms with Crippen molar-refractivity contribution in [3.8, 4) is 0 Å². The maximum absolute atomic E-state index is 5.84. The lowest BCUT2D eigenvalue weighted by Crippen LogP contribution is -2.42. The fraction of sp³-hybridized carbons (Fsp3) is 0.625. The fourth-order valence-electron chi connectivity index (χ4n) is 3.65. The first-order chi connectivity index (χ1) is 8.88. The average Bonchev–Trinajstić information content (AvgIpc) is 2.38. The highest BCUT2D eigenvalue weighted by atomic mass is 15.2. The van der Waals surface area contributed by atoms with E-state index in [0.29, 0.717) is 12.0 Å². The molecular weight excluding hydrogens is 220 g/mol. The van der Waals surface area contributed by atoms with E-state index < -0.39 is 0 Å². The molecule has 2 aliphatic carbocycles. The smallest absolute Gasteiger partial charge is 0.0281 e. The number of benzene rings is 1. The van der Waals surface area contributed by atoms with Gasteiger partial charge in [-0.05, 0) is 42.7 Å². The summed E-state index contributed by atoms with van der Waals surface area (Å²) in [7, 11) is 0. The van der Waals surface area contributed by atoms with E-state index in [9.17, 15) is 0 Å². The molecule has 0 saturated heterocycles. The molecule has 98 valence electrons. The first-order valence-corrected chi connectivity index (χ1v) is 7.42. The monoisotopic (exact) mass is 244 g/mol. The Bertz CT molecular complexity index is 398. The summed E-state index contributed by atoms with van der Waals surface area (Å²) in [6, 6.07) is 9.41. The number of nitrogens with one attached hydrogen (secondary N) is 1. The predicted octanol–water partition coefficient (Wildman–Crippen LogP) is 3.13. The molecule has 2 nitrogen and oxygen atoms in total. The van der Waals surface area contributed by atoms with Gasteiger partial charge in [-0.1, -0.05) is 43.5 Å². The zero-order valence-corrected chi connectivity index (χ0v) is 11.1. The first-order valence-electron chi connectivity index (χ1n) is 7.42. The molecule has 1 fully saturated rings. The molecule has 1 saturated carbocycles. The Morgan fingerprint density at radius 1 is 1.17 bits per heavy atom. The summed E-state index contributed by atoms with van der Waals surface area (Å²) in [5.41, 5.74) is 6.20. The molecule has 0 amide bonds. The second-order valence-electron chi connectivity index (χ2n) is 6.00. The maximum atomic E-state index is 5.84. The largest absolute Gasteiger partial charge is 0.271 e. The van der Waals surface area contributed by atoms with Crippen LogP contribution in [-0.2, 0) is 6.42 Å². The van der Waals surface area contributed by atoms with Crippen molar-refractivity contribution in [2.24, 2.45) is 11.8 Å². The summed E-state index contributed by atoms with van der Waals surface area (Å²) in [5.74, 6) is 7.38. The van der Waals surface area contributed by atoms with Gasteiger partial charge in [0.1, 0.15) is 0 Å². The first kappa shape index (κ1) is 12.2. The minimum absolute atomic E-state index is 0.469. The van der Waals surface area contributed by atoms with Gasteiger partial charge in [0.2, 0.25) is 0 Å². The molecule has 3 rings (SSSR count). The highest BCUT2D eigenvalue weighted by molar-refractivity contribution is 5.33. The zero-order chi connectivity index (χ0) is 12.4. The molecule has 0 spiro atoms. The summed E-state index contributed by atoms with van der Waals surface area (Å²) in [4.78, 5) is 0. The van der Waals surface area contributed by atoms with E-state index in [1.54, 1.807) is 11.1 Å². The van der Waals surface area contributed by atoms with E-state index in [-0.39, 0.29) is 0 Å². The predicted molar refractivity (Wildman–Crippen MR) is 75.2 cm³/mol. The Hall–Kier alpha value is -0.860. The van der Waals surface area contributed by atoms with E-state index in [2.05, 4.69) is 29.7 Å². The average molecular weight is 244 g/mol. The van der Waals surface area contributed by atoms with Crippen LogP contribution in [0.3, 0.4) is 0 Å². The second kappa shape index (κ2) is 5.41. The van der Waals surface area contributed by atoms with Crippen LogP contribution in [0.1, 0.15) is 55.6 Å². The standard InChI is InChI=1S/C16H24N2/c17-18-16(11-12-5-3-6-12)15-10-4-8-13-7-1-2-9-14(13)15/h1-2,7,9,12,15-16,18H,3-6,8,10-11,17H2. The number of hydrogen-bond donors (Lipinski definition) is 2. The van der Waals surface area contributed by atoms with Gasteiger partial charge >= 0.3 is 0 Å². The van der Waals surface area contributed by atoms with Crippen LogP contribution in [0.4, 0.5) is 0 Å². The highest BCUT2D eigenvalue weighted by Gasteiger charge is 2.30. The summed E-state index contributed by atoms with van der Waals surface area (Å²) in [6.45, 7) is 0. The van der Waals surface area contributed by atoms with Gasteiger partial charge in [0, 0.05) is 12.0 Å². The van der Waals surface area contributed by atoms with Crippen molar-refractivity contribution >= 4 is 0 Å². The lowest BCUT2D eigenvalue weighted by Gasteiger charge is -2.36. The normalized spacial score (nSPS) is 25.3. The Morgan fingerprint density at radius 3 is 2.72 bits per heavy atom. The van der Waals surface area contributed by atoms with Crippen molar-refractivity contribution in [3.63, 3.8) is 0 Å². The van der Waals surface area contributed by atoms with Crippen LogP contribution in [0.15, 0.2) is 24.3 Å². The Balaban J connectivity index is 1.77. The van der Waals surface area contributed by atoms with Gasteiger partial charge in [0.15, 0.2) is 0 Å². The molecule has 0 heterocycles. The Labute approximate surface area is 110 Å². The van der Waals surface area contributed by atoms with Crippen molar-refractivity contribution in [3.05, 3.63) is 35.4 Å².